The first-order chi connectivity index (χ1) is 9.52. The molecule has 1 aromatic carbocycles. The van der Waals surface area contributed by atoms with Crippen LogP contribution < -0.4 is 5.32 Å². The van der Waals surface area contributed by atoms with Crippen molar-refractivity contribution in [2.45, 2.75) is 25.8 Å². The largest absolute Gasteiger partial charge is 0.466 e. The minimum Gasteiger partial charge on any atom is -0.466 e. The van der Waals surface area contributed by atoms with Crippen molar-refractivity contribution in [3.8, 4) is 0 Å². The van der Waals surface area contributed by atoms with E-state index in [0.29, 0.717) is 0 Å². The zero-order chi connectivity index (χ0) is 15.0. The number of nitrogens with one attached hydrogen (secondary N) is 1. The van der Waals surface area contributed by atoms with Crippen LogP contribution in [0.2, 0.25) is 0 Å². The second-order valence-electron chi connectivity index (χ2n) is 4.20. The van der Waals surface area contributed by atoms with Crippen molar-refractivity contribution in [1.82, 2.24) is 5.32 Å². The molecule has 0 spiro atoms. The Morgan fingerprint density at radius 2 is 1.90 bits per heavy atom. The maximum absolute atomic E-state index is 12.0. The number of hydrogen-bond acceptors (Lipinski definition) is 4. The van der Waals surface area contributed by atoms with Crippen LogP contribution in [0.15, 0.2) is 30.3 Å². The van der Waals surface area contributed by atoms with Crippen molar-refractivity contribution in [2.75, 3.05) is 6.61 Å². The van der Waals surface area contributed by atoms with E-state index >= 15 is 0 Å². The van der Waals surface area contributed by atoms with Crippen molar-refractivity contribution in [2.24, 2.45) is 0 Å². The Labute approximate surface area is 119 Å². The lowest BCUT2D eigenvalue weighted by molar-refractivity contribution is -0.145. The van der Waals surface area contributed by atoms with Gasteiger partial charge in [-0.2, -0.15) is 0 Å². The fraction of sp³-hybridized carbons (Fsp3) is 0.357. The predicted octanol–water partition coefficient (Wildman–Crippen LogP) is 0.998. The van der Waals surface area contributed by atoms with Gasteiger partial charge in [-0.3, -0.25) is 14.4 Å². The first kappa shape index (κ1) is 16.0. The van der Waals surface area contributed by atoms with Crippen molar-refractivity contribution < 1.29 is 19.1 Å². The second kappa shape index (κ2) is 8.14. The molecule has 104 valence electrons. The van der Waals surface area contributed by atoms with Gasteiger partial charge < -0.3 is 10.1 Å². The number of esters is 1. The summed E-state index contributed by atoms with van der Waals surface area (Å²) in [6, 6.07) is 8.32. The number of rotatable bonds is 7. The number of ether oxygens (including phenoxy) is 1. The van der Waals surface area contributed by atoms with Crippen LogP contribution in [0.25, 0.3) is 0 Å². The van der Waals surface area contributed by atoms with Crippen LogP contribution in [-0.4, -0.2) is 38.1 Å². The fourth-order valence-corrected chi connectivity index (χ4v) is 1.74. The van der Waals surface area contributed by atoms with E-state index in [9.17, 15) is 14.4 Å². The van der Waals surface area contributed by atoms with Gasteiger partial charge in [-0.1, -0.05) is 30.3 Å². The number of Topliss-reactive ketones (excluding diaryl/α,β-unsaturated/α-hetero) is 1. The predicted molar refractivity (Wildman–Crippen MR) is 74.5 cm³/mol. The number of hydrogen-bond donors (Lipinski definition) is 1. The molecular formula is C14H16BNO4. The van der Waals surface area contributed by atoms with Crippen LogP contribution >= 0.6 is 0 Å². The first-order valence-electron chi connectivity index (χ1n) is 6.31. The summed E-state index contributed by atoms with van der Waals surface area (Å²) < 4.78 is 4.71. The summed E-state index contributed by atoms with van der Waals surface area (Å²) in [5.74, 6) is -1.84. The van der Waals surface area contributed by atoms with Crippen LogP contribution in [0, 0.1) is 0 Å². The molecule has 0 aliphatic heterocycles. The van der Waals surface area contributed by atoms with Gasteiger partial charge in [0.2, 0.25) is 7.85 Å². The van der Waals surface area contributed by atoms with Gasteiger partial charge in [-0.25, -0.2) is 0 Å². The topological polar surface area (TPSA) is 72.5 Å². The SMILES string of the molecule is [B]C(=O)N[C@@H](Cc1ccccc1)C(=O)CC(=O)OCC. The van der Waals surface area contributed by atoms with Gasteiger partial charge in [0.1, 0.15) is 6.42 Å². The Hall–Kier alpha value is -2.11. The third-order valence-electron chi connectivity index (χ3n) is 2.61. The number of benzene rings is 1. The zero-order valence-electron chi connectivity index (χ0n) is 11.3. The summed E-state index contributed by atoms with van der Waals surface area (Å²) in [6.45, 7) is 1.87. The van der Waals surface area contributed by atoms with Crippen molar-refractivity contribution in [1.29, 1.82) is 0 Å². The van der Waals surface area contributed by atoms with E-state index in [1.54, 1.807) is 6.92 Å². The van der Waals surface area contributed by atoms with Gasteiger partial charge in [0.05, 0.1) is 12.6 Å². The molecule has 0 aliphatic carbocycles. The maximum Gasteiger partial charge on any atom is 0.313 e. The maximum atomic E-state index is 12.0. The Morgan fingerprint density at radius 3 is 2.45 bits per heavy atom. The van der Waals surface area contributed by atoms with Crippen molar-refractivity contribution in [3.05, 3.63) is 35.9 Å². The molecule has 1 rings (SSSR count). The van der Waals surface area contributed by atoms with E-state index in [0.717, 1.165) is 5.56 Å². The summed E-state index contributed by atoms with van der Waals surface area (Å²) >= 11 is 0. The molecule has 6 heteroatoms. The lowest BCUT2D eigenvalue weighted by Crippen LogP contribution is -2.42. The summed E-state index contributed by atoms with van der Waals surface area (Å²) in [6.07, 6.45) is -0.104. The van der Waals surface area contributed by atoms with E-state index in [-0.39, 0.29) is 19.4 Å². The Bertz CT molecular complexity index is 475. The molecule has 0 aromatic heterocycles. The molecule has 2 radical (unpaired) electrons. The molecule has 1 aromatic rings. The van der Waals surface area contributed by atoms with E-state index in [1.807, 2.05) is 30.3 Å². The van der Waals surface area contributed by atoms with Crippen molar-refractivity contribution in [3.63, 3.8) is 0 Å². The molecule has 0 saturated carbocycles. The van der Waals surface area contributed by atoms with Gasteiger partial charge in [0.15, 0.2) is 11.6 Å². The number of carbonyl (C=O) groups is 3. The molecule has 0 saturated heterocycles. The molecule has 5 nitrogen and oxygen atoms in total. The second-order valence-corrected chi connectivity index (χ2v) is 4.20. The standard InChI is InChI=1S/C14H16BNO4/c1-2-20-13(18)9-12(17)11(16-14(15)19)8-10-6-4-3-5-7-10/h3-7,11H,2,8-9H2,1H3,(H,16,19)/t11-/m0/s1. The van der Waals surface area contributed by atoms with Crippen LogP contribution in [0.4, 0.5) is 4.79 Å². The molecule has 1 N–H and O–H groups in total. The highest BCUT2D eigenvalue weighted by Gasteiger charge is 2.22. The molecule has 0 unspecified atom stereocenters. The number of carbonyl (C=O) groups excluding carboxylic acids is 3. The minimum absolute atomic E-state index is 0.207. The minimum atomic E-state index is -0.834. The highest BCUT2D eigenvalue weighted by molar-refractivity contribution is 6.57. The zero-order valence-corrected chi connectivity index (χ0v) is 11.3. The average Bonchev–Trinajstić information content (AvgIpc) is 2.38. The van der Waals surface area contributed by atoms with Gasteiger partial charge in [-0.15, -0.1) is 0 Å². The lowest BCUT2D eigenvalue weighted by atomic mass is 9.98. The summed E-state index contributed by atoms with van der Waals surface area (Å²) in [5, 5.41) is 2.36. The average molecular weight is 273 g/mol. The Balaban J connectivity index is 2.70. The van der Waals surface area contributed by atoms with Gasteiger partial charge >= 0.3 is 5.97 Å². The molecule has 1 atom stereocenters. The summed E-state index contributed by atoms with van der Waals surface area (Å²) in [5.41, 5.74) is 0.864. The number of amides is 1. The summed E-state index contributed by atoms with van der Waals surface area (Å²) in [7, 11) is 5.06. The quantitative estimate of drug-likeness (QED) is 0.457. The fourth-order valence-electron chi connectivity index (χ4n) is 1.74. The normalized spacial score (nSPS) is 11.4. The Morgan fingerprint density at radius 1 is 1.25 bits per heavy atom. The molecule has 0 fully saturated rings. The Kier molecular flexibility index (Phi) is 6.49. The molecular weight excluding hydrogens is 257 g/mol. The first-order valence-corrected chi connectivity index (χ1v) is 6.31. The van der Waals surface area contributed by atoms with Crippen LogP contribution in [0.1, 0.15) is 18.9 Å². The van der Waals surface area contributed by atoms with Crippen molar-refractivity contribution >= 4 is 25.4 Å². The molecule has 0 aliphatic rings. The molecule has 20 heavy (non-hydrogen) atoms. The number of ketones is 1. The summed E-state index contributed by atoms with van der Waals surface area (Å²) in [4.78, 5) is 34.3. The highest BCUT2D eigenvalue weighted by atomic mass is 16.5. The molecule has 0 heterocycles. The van der Waals surface area contributed by atoms with Gasteiger partial charge in [0, 0.05) is 0 Å². The smallest absolute Gasteiger partial charge is 0.313 e. The van der Waals surface area contributed by atoms with Gasteiger partial charge in [0.25, 0.3) is 0 Å². The lowest BCUT2D eigenvalue weighted by Gasteiger charge is -2.16. The monoisotopic (exact) mass is 273 g/mol. The highest BCUT2D eigenvalue weighted by Crippen LogP contribution is 2.06. The van der Waals surface area contributed by atoms with Crippen LogP contribution in [-0.2, 0) is 20.7 Å². The third-order valence-corrected chi connectivity index (χ3v) is 2.61. The molecule has 0 bridgehead atoms. The third kappa shape index (κ3) is 5.69. The van der Waals surface area contributed by atoms with Crippen LogP contribution in [0.3, 0.4) is 0 Å². The van der Waals surface area contributed by atoms with E-state index in [1.165, 1.54) is 0 Å². The van der Waals surface area contributed by atoms with Crippen LogP contribution in [0.5, 0.6) is 0 Å². The van der Waals surface area contributed by atoms with E-state index < -0.39 is 23.6 Å². The van der Waals surface area contributed by atoms with E-state index in [4.69, 9.17) is 12.6 Å². The molecule has 1 amide bonds. The van der Waals surface area contributed by atoms with E-state index in [2.05, 4.69) is 5.32 Å². The van der Waals surface area contributed by atoms with Gasteiger partial charge in [-0.05, 0) is 18.9 Å².